The number of hydrogen-bond acceptors (Lipinski definition) is 3. The number of halogens is 1. The molecule has 0 atom stereocenters. The second-order valence-corrected chi connectivity index (χ2v) is 4.09. The number of methoxy groups -OCH3 is 1. The van der Waals surface area contributed by atoms with Crippen molar-refractivity contribution in [2.24, 2.45) is 0 Å². The summed E-state index contributed by atoms with van der Waals surface area (Å²) in [7, 11) is 3.16. The minimum absolute atomic E-state index is 0.278. The summed E-state index contributed by atoms with van der Waals surface area (Å²) in [6, 6.07) is 11.1. The van der Waals surface area contributed by atoms with Crippen LogP contribution in [-0.2, 0) is 0 Å². The number of hydrogen-bond donors (Lipinski definition) is 2. The van der Waals surface area contributed by atoms with Crippen LogP contribution < -0.4 is 15.4 Å². The van der Waals surface area contributed by atoms with Crippen LogP contribution in [-0.4, -0.2) is 20.1 Å². The molecule has 0 aliphatic carbocycles. The fourth-order valence-corrected chi connectivity index (χ4v) is 1.86. The molecule has 1 amide bonds. The van der Waals surface area contributed by atoms with E-state index >= 15 is 0 Å². The Balaban J connectivity index is 2.28. The van der Waals surface area contributed by atoms with Gasteiger partial charge in [-0.3, -0.25) is 4.79 Å². The Morgan fingerprint density at radius 2 is 1.90 bits per heavy atom. The molecule has 0 unspecified atom stereocenters. The summed E-state index contributed by atoms with van der Waals surface area (Å²) in [6.07, 6.45) is 0. The molecule has 0 aliphatic heterocycles. The average molecular weight is 274 g/mol. The maximum Gasteiger partial charge on any atom is 0.257 e. The van der Waals surface area contributed by atoms with Crippen molar-refractivity contribution in [1.82, 2.24) is 0 Å². The van der Waals surface area contributed by atoms with Crippen molar-refractivity contribution >= 4 is 17.3 Å². The number of rotatable bonds is 4. The first-order valence-electron chi connectivity index (χ1n) is 6.07. The van der Waals surface area contributed by atoms with Gasteiger partial charge >= 0.3 is 0 Å². The third-order valence-electron chi connectivity index (χ3n) is 2.85. The number of benzene rings is 2. The standard InChI is InChI=1S/C15H15FN2O2/c1-17-12-6-4-3-5-11(12)15(19)18-13-8-7-10(16)9-14(13)20-2/h3-9,17H,1-2H3,(H,18,19). The summed E-state index contributed by atoms with van der Waals surface area (Å²) in [5, 5.41) is 5.66. The van der Waals surface area contributed by atoms with Crippen LogP contribution in [0, 0.1) is 5.82 Å². The Morgan fingerprint density at radius 3 is 2.60 bits per heavy atom. The van der Waals surface area contributed by atoms with Gasteiger partial charge in [0.1, 0.15) is 11.6 Å². The highest BCUT2D eigenvalue weighted by atomic mass is 19.1. The molecule has 0 saturated carbocycles. The minimum Gasteiger partial charge on any atom is -0.494 e. The first-order valence-corrected chi connectivity index (χ1v) is 6.07. The lowest BCUT2D eigenvalue weighted by molar-refractivity contribution is 0.102. The molecule has 5 heteroatoms. The van der Waals surface area contributed by atoms with Gasteiger partial charge in [0.25, 0.3) is 5.91 Å². The second-order valence-electron chi connectivity index (χ2n) is 4.09. The topological polar surface area (TPSA) is 50.4 Å². The number of ether oxygens (including phenoxy) is 1. The Morgan fingerprint density at radius 1 is 1.15 bits per heavy atom. The first-order chi connectivity index (χ1) is 9.65. The van der Waals surface area contributed by atoms with Crippen molar-refractivity contribution in [2.45, 2.75) is 0 Å². The predicted octanol–water partition coefficient (Wildman–Crippen LogP) is 3.13. The van der Waals surface area contributed by atoms with Gasteiger partial charge in [-0.15, -0.1) is 0 Å². The summed E-state index contributed by atoms with van der Waals surface area (Å²) < 4.78 is 18.2. The Hall–Kier alpha value is -2.56. The molecule has 0 bridgehead atoms. The van der Waals surface area contributed by atoms with Crippen molar-refractivity contribution in [1.29, 1.82) is 0 Å². The van der Waals surface area contributed by atoms with E-state index < -0.39 is 5.82 Å². The quantitative estimate of drug-likeness (QED) is 0.900. The monoisotopic (exact) mass is 274 g/mol. The summed E-state index contributed by atoms with van der Waals surface area (Å²) >= 11 is 0. The van der Waals surface area contributed by atoms with Crippen molar-refractivity contribution in [3.63, 3.8) is 0 Å². The third-order valence-corrected chi connectivity index (χ3v) is 2.85. The van der Waals surface area contributed by atoms with Gasteiger partial charge in [0, 0.05) is 18.8 Å². The number of anilines is 2. The van der Waals surface area contributed by atoms with Crippen LogP contribution in [0.5, 0.6) is 5.75 Å². The van der Waals surface area contributed by atoms with Gasteiger partial charge in [-0.2, -0.15) is 0 Å². The highest BCUT2D eigenvalue weighted by Gasteiger charge is 2.13. The molecule has 2 aromatic rings. The number of carbonyl (C=O) groups excluding carboxylic acids is 1. The molecule has 0 saturated heterocycles. The van der Waals surface area contributed by atoms with E-state index in [0.29, 0.717) is 16.9 Å². The molecule has 104 valence electrons. The van der Waals surface area contributed by atoms with Crippen LogP contribution in [0.2, 0.25) is 0 Å². The molecule has 0 fully saturated rings. The van der Waals surface area contributed by atoms with Crippen LogP contribution >= 0.6 is 0 Å². The van der Waals surface area contributed by atoms with Crippen molar-refractivity contribution < 1.29 is 13.9 Å². The summed E-state index contributed by atoms with van der Waals surface area (Å²) in [5.74, 6) is -0.435. The van der Waals surface area contributed by atoms with Crippen LogP contribution in [0.25, 0.3) is 0 Å². The largest absolute Gasteiger partial charge is 0.494 e. The highest BCUT2D eigenvalue weighted by Crippen LogP contribution is 2.26. The van der Waals surface area contributed by atoms with Gasteiger partial charge in [0.2, 0.25) is 0 Å². The molecule has 0 heterocycles. The maximum atomic E-state index is 13.1. The number of amides is 1. The van der Waals surface area contributed by atoms with Crippen molar-refractivity contribution in [2.75, 3.05) is 24.8 Å². The third kappa shape index (κ3) is 2.88. The molecule has 20 heavy (non-hydrogen) atoms. The van der Waals surface area contributed by atoms with E-state index in [-0.39, 0.29) is 11.7 Å². The molecule has 0 radical (unpaired) electrons. The number of carbonyl (C=O) groups is 1. The van der Waals surface area contributed by atoms with E-state index in [1.807, 2.05) is 6.07 Å². The van der Waals surface area contributed by atoms with Gasteiger partial charge in [-0.05, 0) is 24.3 Å². The molecule has 2 rings (SSSR count). The van der Waals surface area contributed by atoms with Gasteiger partial charge < -0.3 is 15.4 Å². The van der Waals surface area contributed by atoms with Crippen LogP contribution in [0.4, 0.5) is 15.8 Å². The van der Waals surface area contributed by atoms with E-state index in [4.69, 9.17) is 4.74 Å². The van der Waals surface area contributed by atoms with Crippen LogP contribution in [0.1, 0.15) is 10.4 Å². The van der Waals surface area contributed by atoms with E-state index in [1.54, 1.807) is 25.2 Å². The number of nitrogens with one attached hydrogen (secondary N) is 2. The molecule has 0 aliphatic rings. The molecule has 0 spiro atoms. The zero-order chi connectivity index (χ0) is 14.5. The lowest BCUT2D eigenvalue weighted by Crippen LogP contribution is -2.14. The zero-order valence-electron chi connectivity index (χ0n) is 11.2. The molecule has 2 aromatic carbocycles. The van der Waals surface area contributed by atoms with Gasteiger partial charge in [0.15, 0.2) is 0 Å². The normalized spacial score (nSPS) is 9.95. The maximum absolute atomic E-state index is 13.1. The molecule has 2 N–H and O–H groups in total. The zero-order valence-corrected chi connectivity index (χ0v) is 11.2. The lowest BCUT2D eigenvalue weighted by Gasteiger charge is -2.12. The predicted molar refractivity (Wildman–Crippen MR) is 76.9 cm³/mol. The fraction of sp³-hybridized carbons (Fsp3) is 0.133. The minimum atomic E-state index is -0.421. The van der Waals surface area contributed by atoms with Crippen LogP contribution in [0.15, 0.2) is 42.5 Å². The average Bonchev–Trinajstić information content (AvgIpc) is 2.48. The van der Waals surface area contributed by atoms with Gasteiger partial charge in [-0.1, -0.05) is 12.1 Å². The smallest absolute Gasteiger partial charge is 0.257 e. The molecule has 4 nitrogen and oxygen atoms in total. The second kappa shape index (κ2) is 6.06. The Bertz CT molecular complexity index is 629. The Labute approximate surface area is 116 Å². The van der Waals surface area contributed by atoms with Crippen LogP contribution in [0.3, 0.4) is 0 Å². The Kier molecular flexibility index (Phi) is 4.20. The highest BCUT2D eigenvalue weighted by molar-refractivity contribution is 6.08. The first kappa shape index (κ1) is 13.9. The lowest BCUT2D eigenvalue weighted by atomic mass is 10.1. The molecule has 0 aromatic heterocycles. The van der Waals surface area contributed by atoms with Gasteiger partial charge in [-0.25, -0.2) is 4.39 Å². The SMILES string of the molecule is CNc1ccccc1C(=O)Nc1ccc(F)cc1OC. The summed E-state index contributed by atoms with van der Waals surface area (Å²) in [4.78, 5) is 12.2. The van der Waals surface area contributed by atoms with E-state index in [0.717, 1.165) is 0 Å². The fourth-order valence-electron chi connectivity index (χ4n) is 1.86. The summed E-state index contributed by atoms with van der Waals surface area (Å²) in [5.41, 5.74) is 1.64. The van der Waals surface area contributed by atoms with Gasteiger partial charge in [0.05, 0.1) is 18.4 Å². The number of para-hydroxylation sites is 1. The molecular formula is C15H15FN2O2. The van der Waals surface area contributed by atoms with Crippen molar-refractivity contribution in [3.8, 4) is 5.75 Å². The van der Waals surface area contributed by atoms with E-state index in [9.17, 15) is 9.18 Å². The van der Waals surface area contributed by atoms with Crippen molar-refractivity contribution in [3.05, 3.63) is 53.8 Å². The van der Waals surface area contributed by atoms with E-state index in [2.05, 4.69) is 10.6 Å². The molecular weight excluding hydrogens is 259 g/mol. The van der Waals surface area contributed by atoms with E-state index in [1.165, 1.54) is 25.3 Å². The summed E-state index contributed by atoms with van der Waals surface area (Å²) in [6.45, 7) is 0.